The Morgan fingerprint density at radius 2 is 1.94 bits per heavy atom. The summed E-state index contributed by atoms with van der Waals surface area (Å²) in [6.07, 6.45) is 3.21. The number of hydrogen-bond donors (Lipinski definition) is 1. The molecule has 0 spiro atoms. The van der Waals surface area contributed by atoms with Crippen LogP contribution >= 0.6 is 0 Å². The first-order valence-electron chi connectivity index (χ1n) is 5.24. The van der Waals surface area contributed by atoms with Crippen LogP contribution in [0.15, 0.2) is 36.5 Å². The lowest BCUT2D eigenvalue weighted by atomic mass is 10.1. The molecule has 0 saturated heterocycles. The van der Waals surface area contributed by atoms with E-state index in [4.69, 9.17) is 4.74 Å². The zero-order valence-electron chi connectivity index (χ0n) is 9.86. The lowest BCUT2D eigenvalue weighted by Gasteiger charge is -2.03. The highest BCUT2D eigenvalue weighted by Crippen LogP contribution is 2.11. The van der Waals surface area contributed by atoms with Crippen LogP contribution in [0, 0.1) is 0 Å². The molecule has 1 aromatic rings. The van der Waals surface area contributed by atoms with Gasteiger partial charge in [0.05, 0.1) is 7.11 Å². The van der Waals surface area contributed by atoms with Gasteiger partial charge in [0.1, 0.15) is 5.75 Å². The predicted octanol–water partition coefficient (Wildman–Crippen LogP) is 2.39. The number of rotatable bonds is 5. The van der Waals surface area contributed by atoms with E-state index in [9.17, 15) is 4.79 Å². The van der Waals surface area contributed by atoms with Crippen LogP contribution in [0.4, 0.5) is 0 Å². The number of hydrogen-bond acceptors (Lipinski definition) is 3. The summed E-state index contributed by atoms with van der Waals surface area (Å²) >= 11 is 0. The first-order chi connectivity index (χ1) is 7.63. The molecule has 1 rings (SSSR count). The normalized spacial score (nSPS) is 10.8. The summed E-state index contributed by atoms with van der Waals surface area (Å²) in [5.74, 6) is 0.733. The van der Waals surface area contributed by atoms with Gasteiger partial charge in [-0.15, -0.1) is 0 Å². The second kappa shape index (κ2) is 5.95. The van der Waals surface area contributed by atoms with E-state index in [1.54, 1.807) is 37.6 Å². The van der Waals surface area contributed by atoms with Crippen molar-refractivity contribution < 1.29 is 9.53 Å². The molecule has 1 aromatic carbocycles. The van der Waals surface area contributed by atoms with Crippen molar-refractivity contribution in [1.29, 1.82) is 0 Å². The van der Waals surface area contributed by atoms with Crippen LogP contribution in [0.3, 0.4) is 0 Å². The first kappa shape index (κ1) is 12.3. The molecule has 0 aliphatic carbocycles. The summed E-state index contributed by atoms with van der Waals surface area (Å²) in [6.45, 7) is 4.03. The third-order valence-corrected chi connectivity index (χ3v) is 2.04. The Bertz CT molecular complexity index is 366. The summed E-state index contributed by atoms with van der Waals surface area (Å²) < 4.78 is 5.02. The fourth-order valence-electron chi connectivity index (χ4n) is 1.17. The fraction of sp³-hybridized carbons (Fsp3) is 0.308. The maximum Gasteiger partial charge on any atom is 0.187 e. The van der Waals surface area contributed by atoms with Gasteiger partial charge in [0.25, 0.3) is 0 Å². The second-order valence-corrected chi connectivity index (χ2v) is 3.75. The molecule has 0 radical (unpaired) electrons. The average molecular weight is 219 g/mol. The van der Waals surface area contributed by atoms with E-state index in [0.29, 0.717) is 11.6 Å². The molecule has 0 aliphatic heterocycles. The van der Waals surface area contributed by atoms with Crippen molar-refractivity contribution in [2.75, 3.05) is 7.11 Å². The number of nitrogens with one attached hydrogen (secondary N) is 1. The van der Waals surface area contributed by atoms with E-state index in [0.717, 1.165) is 5.75 Å². The standard InChI is InChI=1S/C13H17NO2/c1-10(2)14-9-8-13(15)11-4-6-12(16-3)7-5-11/h4-10,14H,1-3H3/b9-8-. The molecule has 0 unspecified atom stereocenters. The molecule has 16 heavy (non-hydrogen) atoms. The molecule has 1 N–H and O–H groups in total. The lowest BCUT2D eigenvalue weighted by molar-refractivity contribution is 0.104. The van der Waals surface area contributed by atoms with E-state index in [1.165, 1.54) is 6.08 Å². The summed E-state index contributed by atoms with van der Waals surface area (Å²) in [7, 11) is 1.60. The first-order valence-corrected chi connectivity index (χ1v) is 5.24. The summed E-state index contributed by atoms with van der Waals surface area (Å²) in [4.78, 5) is 11.7. The molecule has 3 heteroatoms. The Hall–Kier alpha value is -1.77. The molecule has 0 fully saturated rings. The van der Waals surface area contributed by atoms with Crippen molar-refractivity contribution >= 4 is 5.78 Å². The Balaban J connectivity index is 2.62. The van der Waals surface area contributed by atoms with E-state index < -0.39 is 0 Å². The smallest absolute Gasteiger partial charge is 0.187 e. The molecule has 0 amide bonds. The second-order valence-electron chi connectivity index (χ2n) is 3.75. The van der Waals surface area contributed by atoms with Crippen molar-refractivity contribution in [1.82, 2.24) is 5.32 Å². The molecule has 0 heterocycles. The topological polar surface area (TPSA) is 38.3 Å². The van der Waals surface area contributed by atoms with Crippen LogP contribution in [0.5, 0.6) is 5.75 Å². The predicted molar refractivity (Wildman–Crippen MR) is 64.7 cm³/mol. The average Bonchev–Trinajstić information content (AvgIpc) is 2.28. The molecule has 0 saturated carbocycles. The Morgan fingerprint density at radius 3 is 2.44 bits per heavy atom. The fourth-order valence-corrected chi connectivity index (χ4v) is 1.17. The number of methoxy groups -OCH3 is 1. The molecule has 0 atom stereocenters. The van der Waals surface area contributed by atoms with Crippen molar-refractivity contribution in [2.24, 2.45) is 0 Å². The SMILES string of the molecule is COc1ccc(C(=O)/C=C\NC(C)C)cc1. The molecule has 0 aliphatic rings. The quantitative estimate of drug-likeness (QED) is 0.610. The molecular weight excluding hydrogens is 202 g/mol. The van der Waals surface area contributed by atoms with Crippen molar-refractivity contribution in [3.05, 3.63) is 42.1 Å². The minimum absolute atomic E-state index is 0.0178. The summed E-state index contributed by atoms with van der Waals surface area (Å²) in [6, 6.07) is 7.38. The van der Waals surface area contributed by atoms with E-state index in [2.05, 4.69) is 5.32 Å². The Kier molecular flexibility index (Phi) is 4.58. The Labute approximate surface area is 96.1 Å². The van der Waals surface area contributed by atoms with Gasteiger partial charge in [-0.25, -0.2) is 0 Å². The van der Waals surface area contributed by atoms with Gasteiger partial charge in [0.2, 0.25) is 0 Å². The lowest BCUT2D eigenvalue weighted by Crippen LogP contribution is -2.15. The van der Waals surface area contributed by atoms with Crippen LogP contribution < -0.4 is 10.1 Å². The van der Waals surface area contributed by atoms with Crippen LogP contribution in [0.25, 0.3) is 0 Å². The molecular formula is C13H17NO2. The third kappa shape index (κ3) is 3.77. The largest absolute Gasteiger partial charge is 0.497 e. The molecule has 86 valence electrons. The van der Waals surface area contributed by atoms with E-state index in [-0.39, 0.29) is 5.78 Å². The van der Waals surface area contributed by atoms with Gasteiger partial charge in [-0.1, -0.05) is 0 Å². The molecule has 0 bridgehead atoms. The number of benzene rings is 1. The molecule has 0 aromatic heterocycles. The van der Waals surface area contributed by atoms with Gasteiger partial charge >= 0.3 is 0 Å². The van der Waals surface area contributed by atoms with Crippen LogP contribution in [0.1, 0.15) is 24.2 Å². The summed E-state index contributed by atoms with van der Waals surface area (Å²) in [5, 5.41) is 3.04. The highest BCUT2D eigenvalue weighted by atomic mass is 16.5. The maximum atomic E-state index is 11.7. The van der Waals surface area contributed by atoms with E-state index >= 15 is 0 Å². The van der Waals surface area contributed by atoms with Crippen LogP contribution in [0.2, 0.25) is 0 Å². The number of ether oxygens (including phenoxy) is 1. The minimum atomic E-state index is -0.0178. The molecule has 3 nitrogen and oxygen atoms in total. The van der Waals surface area contributed by atoms with Gasteiger partial charge in [-0.2, -0.15) is 0 Å². The number of carbonyl (C=O) groups is 1. The van der Waals surface area contributed by atoms with Gasteiger partial charge in [0.15, 0.2) is 5.78 Å². The number of allylic oxidation sites excluding steroid dienone is 1. The van der Waals surface area contributed by atoms with Crippen molar-refractivity contribution in [2.45, 2.75) is 19.9 Å². The van der Waals surface area contributed by atoms with Crippen LogP contribution in [-0.4, -0.2) is 18.9 Å². The van der Waals surface area contributed by atoms with Crippen LogP contribution in [-0.2, 0) is 0 Å². The van der Waals surface area contributed by atoms with Gasteiger partial charge in [0, 0.05) is 23.9 Å². The van der Waals surface area contributed by atoms with Gasteiger partial charge < -0.3 is 10.1 Å². The van der Waals surface area contributed by atoms with Gasteiger partial charge in [-0.3, -0.25) is 4.79 Å². The van der Waals surface area contributed by atoms with Gasteiger partial charge in [-0.05, 0) is 38.1 Å². The zero-order valence-corrected chi connectivity index (χ0v) is 9.86. The van der Waals surface area contributed by atoms with Crippen molar-refractivity contribution in [3.63, 3.8) is 0 Å². The highest BCUT2D eigenvalue weighted by molar-refractivity contribution is 6.04. The zero-order chi connectivity index (χ0) is 12.0. The van der Waals surface area contributed by atoms with E-state index in [1.807, 2.05) is 13.8 Å². The Morgan fingerprint density at radius 1 is 1.31 bits per heavy atom. The van der Waals surface area contributed by atoms with Crippen molar-refractivity contribution in [3.8, 4) is 5.75 Å². The summed E-state index contributed by atoms with van der Waals surface area (Å²) in [5.41, 5.74) is 0.655. The highest BCUT2D eigenvalue weighted by Gasteiger charge is 2.01. The number of ketones is 1. The monoisotopic (exact) mass is 219 g/mol. The number of carbonyl (C=O) groups excluding carboxylic acids is 1. The minimum Gasteiger partial charge on any atom is -0.497 e. The maximum absolute atomic E-state index is 11.7. The third-order valence-electron chi connectivity index (χ3n) is 2.04.